The first-order chi connectivity index (χ1) is 8.29. The maximum absolute atomic E-state index is 5.79. The van der Waals surface area contributed by atoms with Crippen molar-refractivity contribution >= 4 is 11.6 Å². The summed E-state index contributed by atoms with van der Waals surface area (Å²) in [6, 6.07) is 5.49. The van der Waals surface area contributed by atoms with Crippen LogP contribution in [0.2, 0.25) is 5.02 Å². The molecule has 0 aliphatic heterocycles. The van der Waals surface area contributed by atoms with Crippen molar-refractivity contribution in [2.45, 2.75) is 13.5 Å². The maximum atomic E-state index is 5.79. The average molecular weight is 249 g/mol. The monoisotopic (exact) mass is 248 g/mol. The maximum Gasteiger partial charge on any atom is 0.178 e. The summed E-state index contributed by atoms with van der Waals surface area (Å²) < 4.78 is 0. The molecule has 4 nitrogen and oxygen atoms in total. The Hall–Kier alpha value is -1.52. The molecule has 0 saturated heterocycles. The highest BCUT2D eigenvalue weighted by molar-refractivity contribution is 6.30. The molecule has 2 aromatic heterocycles. The second kappa shape index (κ2) is 5.70. The summed E-state index contributed by atoms with van der Waals surface area (Å²) in [5.41, 5.74) is 1.68. The van der Waals surface area contributed by atoms with Gasteiger partial charge in [0, 0.05) is 18.9 Å². The van der Waals surface area contributed by atoms with Gasteiger partial charge >= 0.3 is 0 Å². The molecular formula is C12H13ClN4. The normalized spacial score (nSPS) is 10.5. The van der Waals surface area contributed by atoms with E-state index in [9.17, 15) is 0 Å². The number of halogens is 1. The van der Waals surface area contributed by atoms with E-state index in [4.69, 9.17) is 11.6 Å². The van der Waals surface area contributed by atoms with Crippen molar-refractivity contribution in [3.8, 4) is 11.5 Å². The molecule has 0 fully saturated rings. The zero-order valence-corrected chi connectivity index (χ0v) is 10.3. The van der Waals surface area contributed by atoms with Crippen molar-refractivity contribution in [2.24, 2.45) is 0 Å². The van der Waals surface area contributed by atoms with Crippen molar-refractivity contribution in [1.82, 2.24) is 20.3 Å². The fraction of sp³-hybridized carbons (Fsp3) is 0.250. The van der Waals surface area contributed by atoms with E-state index in [-0.39, 0.29) is 0 Å². The first-order valence-electron chi connectivity index (χ1n) is 5.44. The lowest BCUT2D eigenvalue weighted by molar-refractivity contribution is 0.709. The largest absolute Gasteiger partial charge is 0.311 e. The second-order valence-corrected chi connectivity index (χ2v) is 3.95. The van der Waals surface area contributed by atoms with Gasteiger partial charge in [-0.3, -0.25) is 4.98 Å². The molecule has 0 aliphatic carbocycles. The van der Waals surface area contributed by atoms with E-state index < -0.39 is 0 Å². The Bertz CT molecular complexity index is 484. The van der Waals surface area contributed by atoms with Crippen LogP contribution in [0.5, 0.6) is 0 Å². The Kier molecular flexibility index (Phi) is 4.01. The summed E-state index contributed by atoms with van der Waals surface area (Å²) in [6.07, 6.45) is 3.34. The van der Waals surface area contributed by atoms with Crippen LogP contribution in [0, 0.1) is 0 Å². The first kappa shape index (κ1) is 12.0. The molecule has 2 rings (SSSR count). The summed E-state index contributed by atoms with van der Waals surface area (Å²) in [6.45, 7) is 3.71. The third-order valence-corrected chi connectivity index (χ3v) is 2.45. The van der Waals surface area contributed by atoms with Gasteiger partial charge in [-0.1, -0.05) is 18.5 Å². The quantitative estimate of drug-likeness (QED) is 0.902. The van der Waals surface area contributed by atoms with Gasteiger partial charge in [-0.05, 0) is 24.7 Å². The van der Waals surface area contributed by atoms with Gasteiger partial charge in [0.2, 0.25) is 0 Å². The molecule has 0 aromatic carbocycles. The van der Waals surface area contributed by atoms with E-state index in [2.05, 4.69) is 27.2 Å². The zero-order valence-electron chi connectivity index (χ0n) is 9.52. The van der Waals surface area contributed by atoms with Crippen LogP contribution in [0.3, 0.4) is 0 Å². The number of hydrogen-bond donors (Lipinski definition) is 1. The minimum absolute atomic E-state index is 0.609. The van der Waals surface area contributed by atoms with Gasteiger partial charge in [0.1, 0.15) is 5.69 Å². The molecule has 2 aromatic rings. The zero-order chi connectivity index (χ0) is 12.1. The Morgan fingerprint density at radius 1 is 1.24 bits per heavy atom. The minimum atomic E-state index is 0.609. The Labute approximate surface area is 105 Å². The summed E-state index contributed by atoms with van der Waals surface area (Å²) >= 11 is 5.79. The summed E-state index contributed by atoms with van der Waals surface area (Å²) in [7, 11) is 0. The van der Waals surface area contributed by atoms with Crippen LogP contribution in [-0.4, -0.2) is 21.5 Å². The number of nitrogens with zero attached hydrogens (tertiary/aromatic N) is 3. The molecule has 0 aliphatic rings. The fourth-order valence-electron chi connectivity index (χ4n) is 1.38. The molecule has 0 radical (unpaired) electrons. The third kappa shape index (κ3) is 3.22. The van der Waals surface area contributed by atoms with Gasteiger partial charge in [-0.2, -0.15) is 0 Å². The van der Waals surface area contributed by atoms with E-state index in [1.54, 1.807) is 18.5 Å². The summed E-state index contributed by atoms with van der Waals surface area (Å²) in [5.74, 6) is 0.622. The lowest BCUT2D eigenvalue weighted by atomic mass is 10.3. The van der Waals surface area contributed by atoms with Crippen LogP contribution >= 0.6 is 11.6 Å². The smallest absolute Gasteiger partial charge is 0.178 e. The second-order valence-electron chi connectivity index (χ2n) is 3.51. The SMILES string of the molecule is CCNCc1ccnc(-c2ccc(Cl)cn2)n1. The average Bonchev–Trinajstić information content (AvgIpc) is 2.37. The van der Waals surface area contributed by atoms with Gasteiger partial charge in [0.15, 0.2) is 5.82 Å². The molecule has 88 valence electrons. The molecule has 0 spiro atoms. The van der Waals surface area contributed by atoms with Gasteiger partial charge in [0.05, 0.1) is 10.7 Å². The summed E-state index contributed by atoms with van der Waals surface area (Å²) in [5, 5.41) is 3.83. The van der Waals surface area contributed by atoms with E-state index in [0.29, 0.717) is 10.8 Å². The van der Waals surface area contributed by atoms with E-state index >= 15 is 0 Å². The molecule has 17 heavy (non-hydrogen) atoms. The summed E-state index contributed by atoms with van der Waals surface area (Å²) in [4.78, 5) is 12.8. The van der Waals surface area contributed by atoms with E-state index in [1.165, 1.54) is 0 Å². The predicted octanol–water partition coefficient (Wildman–Crippen LogP) is 2.30. The molecular weight excluding hydrogens is 236 g/mol. The van der Waals surface area contributed by atoms with E-state index in [1.807, 2.05) is 12.1 Å². The highest BCUT2D eigenvalue weighted by Gasteiger charge is 2.03. The van der Waals surface area contributed by atoms with Crippen molar-refractivity contribution in [3.05, 3.63) is 41.3 Å². The Morgan fingerprint density at radius 2 is 2.12 bits per heavy atom. The predicted molar refractivity (Wildman–Crippen MR) is 67.7 cm³/mol. The number of pyridine rings is 1. The van der Waals surface area contributed by atoms with Crippen LogP contribution in [-0.2, 0) is 6.54 Å². The fourth-order valence-corrected chi connectivity index (χ4v) is 1.49. The molecule has 0 saturated carbocycles. The Morgan fingerprint density at radius 3 is 2.82 bits per heavy atom. The van der Waals surface area contributed by atoms with Crippen molar-refractivity contribution in [3.63, 3.8) is 0 Å². The molecule has 2 heterocycles. The third-order valence-electron chi connectivity index (χ3n) is 2.23. The standard InChI is InChI=1S/C12H13ClN4/c1-2-14-8-10-5-6-15-12(17-10)11-4-3-9(13)7-16-11/h3-7,14H,2,8H2,1H3. The molecule has 5 heteroatoms. The van der Waals surface area contributed by atoms with Crippen LogP contribution in [0.1, 0.15) is 12.6 Å². The number of nitrogens with one attached hydrogen (secondary N) is 1. The van der Waals surface area contributed by atoms with Gasteiger partial charge in [-0.25, -0.2) is 9.97 Å². The van der Waals surface area contributed by atoms with Crippen molar-refractivity contribution in [1.29, 1.82) is 0 Å². The lowest BCUT2D eigenvalue weighted by Crippen LogP contribution is -2.13. The van der Waals surface area contributed by atoms with Crippen LogP contribution in [0.15, 0.2) is 30.6 Å². The minimum Gasteiger partial charge on any atom is -0.311 e. The number of aromatic nitrogens is 3. The van der Waals surface area contributed by atoms with Crippen molar-refractivity contribution in [2.75, 3.05) is 6.54 Å². The Balaban J connectivity index is 2.23. The van der Waals surface area contributed by atoms with Gasteiger partial charge in [0.25, 0.3) is 0 Å². The van der Waals surface area contributed by atoms with E-state index in [0.717, 1.165) is 24.5 Å². The molecule has 0 atom stereocenters. The highest BCUT2D eigenvalue weighted by atomic mass is 35.5. The van der Waals surface area contributed by atoms with Crippen LogP contribution in [0.4, 0.5) is 0 Å². The highest BCUT2D eigenvalue weighted by Crippen LogP contribution is 2.14. The molecule has 0 bridgehead atoms. The molecule has 1 N–H and O–H groups in total. The van der Waals surface area contributed by atoms with Gasteiger partial charge < -0.3 is 5.32 Å². The first-order valence-corrected chi connectivity index (χ1v) is 5.82. The number of rotatable bonds is 4. The lowest BCUT2D eigenvalue weighted by Gasteiger charge is -2.03. The molecule has 0 unspecified atom stereocenters. The molecule has 0 amide bonds. The van der Waals surface area contributed by atoms with Crippen LogP contribution in [0.25, 0.3) is 11.5 Å². The topological polar surface area (TPSA) is 50.7 Å². The number of hydrogen-bond acceptors (Lipinski definition) is 4. The van der Waals surface area contributed by atoms with Gasteiger partial charge in [-0.15, -0.1) is 0 Å². The van der Waals surface area contributed by atoms with Crippen molar-refractivity contribution < 1.29 is 0 Å². The van der Waals surface area contributed by atoms with Crippen LogP contribution < -0.4 is 5.32 Å².